The van der Waals surface area contributed by atoms with Crippen LogP contribution in [0.1, 0.15) is 11.3 Å². The first-order chi connectivity index (χ1) is 11.3. The van der Waals surface area contributed by atoms with Crippen molar-refractivity contribution in [2.24, 2.45) is 0 Å². The first-order valence-corrected chi connectivity index (χ1v) is 7.10. The number of carbonyl (C=O) groups is 1. The molecule has 0 atom stereocenters. The van der Waals surface area contributed by atoms with E-state index in [-0.39, 0.29) is 12.2 Å². The summed E-state index contributed by atoms with van der Waals surface area (Å²) in [5, 5.41) is 4.71. The predicted octanol–water partition coefficient (Wildman–Crippen LogP) is 3.49. The van der Waals surface area contributed by atoms with E-state index in [1.807, 2.05) is 0 Å². The first kappa shape index (κ1) is 17.6. The van der Waals surface area contributed by atoms with Crippen LogP contribution in [0.4, 0.5) is 29.3 Å². The van der Waals surface area contributed by atoms with Gasteiger partial charge in [-0.1, -0.05) is 6.07 Å². The van der Waals surface area contributed by atoms with Crippen LogP contribution >= 0.6 is 0 Å². The average Bonchev–Trinajstić information content (AvgIpc) is 2.53. The van der Waals surface area contributed by atoms with Gasteiger partial charge in [0.05, 0.1) is 23.5 Å². The molecule has 0 saturated heterocycles. The molecular formula is C16H17F3N4O. The van der Waals surface area contributed by atoms with Gasteiger partial charge in [0.15, 0.2) is 0 Å². The van der Waals surface area contributed by atoms with Crippen LogP contribution in [-0.4, -0.2) is 25.1 Å². The smallest absolute Gasteiger partial charge is 0.378 e. The van der Waals surface area contributed by atoms with Crippen molar-refractivity contribution >= 4 is 17.4 Å². The fourth-order valence-electron chi connectivity index (χ4n) is 1.99. The zero-order valence-electron chi connectivity index (χ0n) is 13.2. The molecule has 0 unspecified atom stereocenters. The number of urea groups is 1. The Kier molecular flexibility index (Phi) is 5.28. The summed E-state index contributed by atoms with van der Waals surface area (Å²) in [5.74, 6) is 0. The first-order valence-electron chi connectivity index (χ1n) is 7.10. The molecule has 0 bridgehead atoms. The van der Waals surface area contributed by atoms with Crippen molar-refractivity contribution in [2.45, 2.75) is 12.7 Å². The number of rotatable bonds is 4. The Morgan fingerprint density at radius 1 is 1.21 bits per heavy atom. The molecule has 2 N–H and O–H groups in total. The number of hydrogen-bond acceptors (Lipinski definition) is 3. The third-order valence-electron chi connectivity index (χ3n) is 3.23. The van der Waals surface area contributed by atoms with Crippen LogP contribution in [0, 0.1) is 0 Å². The summed E-state index contributed by atoms with van der Waals surface area (Å²) < 4.78 is 39.6. The Hall–Kier alpha value is -2.77. The van der Waals surface area contributed by atoms with Crippen LogP contribution in [0.2, 0.25) is 0 Å². The topological polar surface area (TPSA) is 57.3 Å². The van der Waals surface area contributed by atoms with Crippen LogP contribution in [0.15, 0.2) is 42.6 Å². The van der Waals surface area contributed by atoms with E-state index in [1.54, 1.807) is 43.4 Å². The summed E-state index contributed by atoms with van der Waals surface area (Å²) in [5.41, 5.74) is -0.207. The van der Waals surface area contributed by atoms with Gasteiger partial charge in [-0.05, 0) is 30.3 Å². The SMILES string of the molecule is CN(C)c1ccc(NC(=O)NCc2ccccn2)c(C(F)(F)F)c1. The van der Waals surface area contributed by atoms with Crippen molar-refractivity contribution in [2.75, 3.05) is 24.3 Å². The number of benzene rings is 1. The second-order valence-corrected chi connectivity index (χ2v) is 5.25. The molecule has 0 saturated carbocycles. The molecule has 24 heavy (non-hydrogen) atoms. The monoisotopic (exact) mass is 338 g/mol. The maximum absolute atomic E-state index is 13.2. The average molecular weight is 338 g/mol. The molecule has 2 aromatic rings. The van der Waals surface area contributed by atoms with E-state index >= 15 is 0 Å². The van der Waals surface area contributed by atoms with E-state index in [0.29, 0.717) is 11.4 Å². The van der Waals surface area contributed by atoms with Gasteiger partial charge in [0.2, 0.25) is 0 Å². The lowest BCUT2D eigenvalue weighted by molar-refractivity contribution is -0.136. The van der Waals surface area contributed by atoms with Crippen LogP contribution in [0.5, 0.6) is 0 Å². The number of halogens is 3. The highest BCUT2D eigenvalue weighted by Gasteiger charge is 2.34. The minimum atomic E-state index is -4.57. The Morgan fingerprint density at radius 3 is 2.54 bits per heavy atom. The van der Waals surface area contributed by atoms with E-state index in [1.165, 1.54) is 12.1 Å². The number of nitrogens with zero attached hydrogens (tertiary/aromatic N) is 2. The molecule has 0 spiro atoms. The van der Waals surface area contributed by atoms with Crippen LogP contribution in [-0.2, 0) is 12.7 Å². The van der Waals surface area contributed by atoms with E-state index in [9.17, 15) is 18.0 Å². The van der Waals surface area contributed by atoms with Gasteiger partial charge in [0.25, 0.3) is 0 Å². The molecule has 2 rings (SSSR count). The highest BCUT2D eigenvalue weighted by Crippen LogP contribution is 2.37. The zero-order valence-corrected chi connectivity index (χ0v) is 13.2. The summed E-state index contributed by atoms with van der Waals surface area (Å²) in [7, 11) is 3.28. The van der Waals surface area contributed by atoms with Crippen LogP contribution in [0.25, 0.3) is 0 Å². The maximum Gasteiger partial charge on any atom is 0.418 e. The molecule has 128 valence electrons. The van der Waals surface area contributed by atoms with Gasteiger partial charge in [-0.3, -0.25) is 4.98 Å². The lowest BCUT2D eigenvalue weighted by atomic mass is 10.1. The molecule has 1 aromatic carbocycles. The maximum atomic E-state index is 13.2. The number of amides is 2. The van der Waals surface area contributed by atoms with Crippen molar-refractivity contribution in [3.05, 3.63) is 53.9 Å². The molecule has 1 aromatic heterocycles. The third-order valence-corrected chi connectivity index (χ3v) is 3.23. The summed E-state index contributed by atoms with van der Waals surface area (Å²) in [6.07, 6.45) is -3.01. The number of pyridine rings is 1. The Bertz CT molecular complexity index is 702. The highest BCUT2D eigenvalue weighted by molar-refractivity contribution is 5.90. The third kappa shape index (κ3) is 4.61. The number of nitrogens with one attached hydrogen (secondary N) is 2. The van der Waals surface area contributed by atoms with Crippen LogP contribution in [0.3, 0.4) is 0 Å². The predicted molar refractivity (Wildman–Crippen MR) is 85.9 cm³/mol. The van der Waals surface area contributed by atoms with Gasteiger partial charge in [-0.2, -0.15) is 13.2 Å². The van der Waals surface area contributed by atoms with Gasteiger partial charge in [-0.15, -0.1) is 0 Å². The molecule has 8 heteroatoms. The zero-order chi connectivity index (χ0) is 17.7. The molecule has 1 heterocycles. The van der Waals surface area contributed by atoms with Crippen LogP contribution < -0.4 is 15.5 Å². The summed E-state index contributed by atoms with van der Waals surface area (Å²) in [4.78, 5) is 17.4. The van der Waals surface area contributed by atoms with Gasteiger partial charge >= 0.3 is 12.2 Å². The number of hydrogen-bond donors (Lipinski definition) is 2. The fraction of sp³-hybridized carbons (Fsp3) is 0.250. The fourth-order valence-corrected chi connectivity index (χ4v) is 1.99. The normalized spacial score (nSPS) is 11.0. The second-order valence-electron chi connectivity index (χ2n) is 5.25. The largest absolute Gasteiger partial charge is 0.418 e. The van der Waals surface area contributed by atoms with Crippen molar-refractivity contribution < 1.29 is 18.0 Å². The van der Waals surface area contributed by atoms with Crippen molar-refractivity contribution in [1.82, 2.24) is 10.3 Å². The lowest BCUT2D eigenvalue weighted by Crippen LogP contribution is -2.29. The molecular weight excluding hydrogens is 321 g/mol. The van der Waals surface area contributed by atoms with E-state index in [0.717, 1.165) is 6.07 Å². The minimum Gasteiger partial charge on any atom is -0.378 e. The van der Waals surface area contributed by atoms with Gasteiger partial charge < -0.3 is 15.5 Å². The molecule has 0 aliphatic heterocycles. The summed E-state index contributed by atoms with van der Waals surface area (Å²) in [6, 6.07) is 8.18. The molecule has 5 nitrogen and oxygen atoms in total. The summed E-state index contributed by atoms with van der Waals surface area (Å²) in [6.45, 7) is 0.115. The summed E-state index contributed by atoms with van der Waals surface area (Å²) >= 11 is 0. The Labute approximate surface area is 137 Å². The molecule has 0 radical (unpaired) electrons. The van der Waals surface area contributed by atoms with Gasteiger partial charge in [0.1, 0.15) is 0 Å². The quantitative estimate of drug-likeness (QED) is 0.897. The second kappa shape index (κ2) is 7.20. The van der Waals surface area contributed by atoms with Gasteiger partial charge in [-0.25, -0.2) is 4.79 Å². The molecule has 0 aliphatic rings. The standard InChI is InChI=1S/C16H17F3N4O/c1-23(2)12-6-7-14(13(9-12)16(17,18)19)22-15(24)21-10-11-5-3-4-8-20-11/h3-9H,10H2,1-2H3,(H2,21,22,24). The van der Waals surface area contributed by atoms with E-state index in [2.05, 4.69) is 15.6 Å². The number of alkyl halides is 3. The van der Waals surface area contributed by atoms with E-state index in [4.69, 9.17) is 0 Å². The molecule has 0 fully saturated rings. The lowest BCUT2D eigenvalue weighted by Gasteiger charge is -2.18. The van der Waals surface area contributed by atoms with Gasteiger partial charge in [0, 0.05) is 26.0 Å². The molecule has 0 aliphatic carbocycles. The Balaban J connectivity index is 2.12. The van der Waals surface area contributed by atoms with Crippen molar-refractivity contribution in [3.63, 3.8) is 0 Å². The van der Waals surface area contributed by atoms with Crippen molar-refractivity contribution in [1.29, 1.82) is 0 Å². The van der Waals surface area contributed by atoms with Crippen molar-refractivity contribution in [3.8, 4) is 0 Å². The number of anilines is 2. The molecule has 2 amide bonds. The minimum absolute atomic E-state index is 0.115. The highest BCUT2D eigenvalue weighted by atomic mass is 19.4. The Morgan fingerprint density at radius 2 is 1.96 bits per heavy atom. The number of aromatic nitrogens is 1. The number of carbonyl (C=O) groups excluding carboxylic acids is 1. The van der Waals surface area contributed by atoms with E-state index < -0.39 is 17.8 Å².